The van der Waals surface area contributed by atoms with Gasteiger partial charge in [-0.15, -0.1) is 0 Å². The second-order valence-corrected chi connectivity index (χ2v) is 16.5. The summed E-state index contributed by atoms with van der Waals surface area (Å²) in [6.45, 7) is 8.53. The van der Waals surface area contributed by atoms with Crippen LogP contribution in [0.5, 0.6) is 0 Å². The van der Waals surface area contributed by atoms with Gasteiger partial charge in [0.2, 0.25) is 11.8 Å². The molecule has 320 valence electrons. The molecule has 4 atom stereocenters. The smallest absolute Gasteiger partial charge is 0.407 e. The molecule has 4 N–H and O–H groups in total. The fourth-order valence-electron chi connectivity index (χ4n) is 8.62. The normalized spacial score (nSPS) is 20.9. The molecule has 1 aliphatic heterocycles. The summed E-state index contributed by atoms with van der Waals surface area (Å²) in [5.41, 5.74) is 7.86. The summed E-state index contributed by atoms with van der Waals surface area (Å²) in [5.74, 6) is -0.496. The standard InChI is InChI=1S/C47H60N6O7/c1-5-34(26-49-52-46(57)48-25-31-20-22-33(23-21-31)42(54)6-2)50-44(55)41-24-35(59-28-32-14-8-7-9-15-32)27-53(41)45(56)43(30(3)4)51-47(58)60-29-40-38-18-12-10-16-36(38)37-17-11-13-19-39(37)40/h7-19,26,30-31,33-35,40-41,43H,5-6,20-25,27-29H2,1-4H3,(H,50,55)(H,51,58)(H2,48,52,57)/b49-26+/t31?,33?,34-,35+,41-,43-/m0/s1. The maximum Gasteiger partial charge on any atom is 0.407 e. The lowest BCUT2D eigenvalue weighted by molar-refractivity contribution is -0.141. The number of urea groups is 1. The van der Waals surface area contributed by atoms with E-state index in [4.69, 9.17) is 9.47 Å². The van der Waals surface area contributed by atoms with E-state index in [0.717, 1.165) is 53.5 Å². The number of hydrogen-bond acceptors (Lipinski definition) is 8. The molecule has 0 radical (unpaired) electrons. The van der Waals surface area contributed by atoms with E-state index in [1.54, 1.807) is 0 Å². The molecule has 1 heterocycles. The first-order valence-corrected chi connectivity index (χ1v) is 21.5. The number of carbonyl (C=O) groups excluding carboxylic acids is 5. The number of ketones is 1. The summed E-state index contributed by atoms with van der Waals surface area (Å²) < 4.78 is 12.1. The summed E-state index contributed by atoms with van der Waals surface area (Å²) in [5, 5.41) is 12.8. The van der Waals surface area contributed by atoms with Crippen LogP contribution < -0.4 is 21.4 Å². The molecular formula is C47H60N6O7. The van der Waals surface area contributed by atoms with E-state index >= 15 is 0 Å². The molecular weight excluding hydrogens is 761 g/mol. The van der Waals surface area contributed by atoms with E-state index in [1.165, 1.54) is 11.1 Å². The third-order valence-corrected chi connectivity index (χ3v) is 12.1. The molecule has 3 aromatic carbocycles. The zero-order valence-electron chi connectivity index (χ0n) is 35.2. The third kappa shape index (κ3) is 11.2. The van der Waals surface area contributed by atoms with Gasteiger partial charge in [0.05, 0.1) is 18.8 Å². The molecule has 60 heavy (non-hydrogen) atoms. The minimum Gasteiger partial charge on any atom is -0.449 e. The largest absolute Gasteiger partial charge is 0.449 e. The van der Waals surface area contributed by atoms with Crippen LogP contribution in [-0.2, 0) is 30.5 Å². The molecule has 0 unspecified atom stereocenters. The van der Waals surface area contributed by atoms with Gasteiger partial charge in [0.1, 0.15) is 24.5 Å². The first-order chi connectivity index (χ1) is 29.1. The van der Waals surface area contributed by atoms with E-state index in [0.29, 0.717) is 37.7 Å². The fourth-order valence-corrected chi connectivity index (χ4v) is 8.62. The number of likely N-dealkylation sites (tertiary alicyclic amines) is 1. The number of carbonyl (C=O) groups is 5. The molecule has 0 aromatic heterocycles. The number of fused-ring (bicyclic) bond motifs is 3. The first-order valence-electron chi connectivity index (χ1n) is 21.5. The molecule has 3 aromatic rings. The van der Waals surface area contributed by atoms with E-state index < -0.39 is 48.2 Å². The number of nitrogens with zero attached hydrogens (tertiary/aromatic N) is 2. The number of ether oxygens (including phenoxy) is 2. The molecule has 0 spiro atoms. The lowest BCUT2D eigenvalue weighted by atomic mass is 9.79. The van der Waals surface area contributed by atoms with Gasteiger partial charge in [0, 0.05) is 44.0 Å². The van der Waals surface area contributed by atoms with Crippen molar-refractivity contribution in [2.24, 2.45) is 22.9 Å². The van der Waals surface area contributed by atoms with Crippen LogP contribution in [0.4, 0.5) is 9.59 Å². The highest BCUT2D eigenvalue weighted by Gasteiger charge is 2.44. The van der Waals surface area contributed by atoms with Crippen LogP contribution in [0.1, 0.15) is 95.2 Å². The molecule has 5 amide bonds. The number of rotatable bonds is 17. The average molecular weight is 821 g/mol. The highest BCUT2D eigenvalue weighted by molar-refractivity contribution is 5.93. The van der Waals surface area contributed by atoms with Crippen molar-refractivity contribution in [3.05, 3.63) is 95.6 Å². The molecule has 13 nitrogen and oxygen atoms in total. The Bertz CT molecular complexity index is 1940. The second-order valence-electron chi connectivity index (χ2n) is 16.5. The Morgan fingerprint density at radius 1 is 0.850 bits per heavy atom. The van der Waals surface area contributed by atoms with Crippen LogP contribution in [0.25, 0.3) is 11.1 Å². The molecule has 0 bridgehead atoms. The maximum atomic E-state index is 14.4. The van der Waals surface area contributed by atoms with E-state index in [2.05, 4.69) is 38.6 Å². The average Bonchev–Trinajstić information content (AvgIpc) is 3.85. The van der Waals surface area contributed by atoms with Crippen molar-refractivity contribution in [3.63, 3.8) is 0 Å². The zero-order valence-corrected chi connectivity index (χ0v) is 35.2. The van der Waals surface area contributed by atoms with Crippen LogP contribution in [0.3, 0.4) is 0 Å². The van der Waals surface area contributed by atoms with Gasteiger partial charge in [-0.3, -0.25) is 14.4 Å². The van der Waals surface area contributed by atoms with E-state index in [9.17, 15) is 24.0 Å². The zero-order chi connectivity index (χ0) is 42.6. The Morgan fingerprint density at radius 2 is 1.50 bits per heavy atom. The number of hydrazone groups is 1. The Kier molecular flexibility index (Phi) is 15.5. The van der Waals surface area contributed by atoms with Crippen molar-refractivity contribution in [2.75, 3.05) is 19.7 Å². The van der Waals surface area contributed by atoms with Crippen molar-refractivity contribution in [2.45, 2.75) is 109 Å². The van der Waals surface area contributed by atoms with Gasteiger partial charge in [-0.05, 0) is 71.8 Å². The molecule has 2 fully saturated rings. The monoisotopic (exact) mass is 820 g/mol. The number of amides is 5. The topological polar surface area (TPSA) is 168 Å². The van der Waals surface area contributed by atoms with Crippen molar-refractivity contribution in [1.29, 1.82) is 0 Å². The SMILES string of the molecule is CCC(=O)C1CCC(CNC(=O)N/N=C/[C@H](CC)NC(=O)[C@@H]2C[C@@H](OCc3ccccc3)CN2C(=O)[C@@H](NC(=O)OCC2c3ccccc3-c3ccccc32)C(C)C)CC1. The number of hydrogen-bond donors (Lipinski definition) is 4. The van der Waals surface area contributed by atoms with Crippen LogP contribution in [-0.4, -0.2) is 84.8 Å². The van der Waals surface area contributed by atoms with Gasteiger partial charge in [-0.2, -0.15) is 5.10 Å². The van der Waals surface area contributed by atoms with Crippen LogP contribution in [0.2, 0.25) is 0 Å². The van der Waals surface area contributed by atoms with E-state index in [1.807, 2.05) is 94.4 Å². The number of Topliss-reactive ketones (excluding diaryl/α,β-unsaturated/α-hetero) is 1. The Hall–Kier alpha value is -5.56. The highest BCUT2D eigenvalue weighted by atomic mass is 16.5. The number of benzene rings is 3. The van der Waals surface area contributed by atoms with Crippen LogP contribution in [0, 0.1) is 17.8 Å². The lowest BCUT2D eigenvalue weighted by Crippen LogP contribution is -2.56. The van der Waals surface area contributed by atoms with Crippen molar-refractivity contribution >= 4 is 35.9 Å². The predicted octanol–water partition coefficient (Wildman–Crippen LogP) is 6.70. The van der Waals surface area contributed by atoms with Gasteiger partial charge < -0.3 is 30.3 Å². The summed E-state index contributed by atoms with van der Waals surface area (Å²) in [6, 6.07) is 23.0. The quantitative estimate of drug-likeness (QED) is 0.0869. The minimum atomic E-state index is -0.969. The van der Waals surface area contributed by atoms with Crippen molar-refractivity contribution in [3.8, 4) is 11.1 Å². The summed E-state index contributed by atoms with van der Waals surface area (Å²) in [7, 11) is 0. The second kappa shape index (κ2) is 21.1. The van der Waals surface area contributed by atoms with Crippen LogP contribution >= 0.6 is 0 Å². The highest BCUT2D eigenvalue weighted by Crippen LogP contribution is 2.44. The molecule has 1 saturated carbocycles. The molecule has 13 heteroatoms. The lowest BCUT2D eigenvalue weighted by Gasteiger charge is -2.30. The van der Waals surface area contributed by atoms with Gasteiger partial charge in [-0.1, -0.05) is 107 Å². The van der Waals surface area contributed by atoms with Gasteiger partial charge >= 0.3 is 12.1 Å². The summed E-state index contributed by atoms with van der Waals surface area (Å²) in [4.78, 5) is 68.0. The number of nitrogens with one attached hydrogen (secondary N) is 4. The molecule has 1 saturated heterocycles. The Morgan fingerprint density at radius 3 is 2.13 bits per heavy atom. The van der Waals surface area contributed by atoms with Crippen molar-refractivity contribution in [1.82, 2.24) is 26.3 Å². The van der Waals surface area contributed by atoms with Gasteiger partial charge in [0.25, 0.3) is 0 Å². The first kappa shape index (κ1) is 44.0. The summed E-state index contributed by atoms with van der Waals surface area (Å²) >= 11 is 0. The van der Waals surface area contributed by atoms with Crippen molar-refractivity contribution < 1.29 is 33.4 Å². The fraction of sp³-hybridized carbons (Fsp3) is 0.489. The molecule has 6 rings (SSSR count). The summed E-state index contributed by atoms with van der Waals surface area (Å²) in [6.07, 6.45) is 5.12. The van der Waals surface area contributed by atoms with Gasteiger partial charge in [-0.25, -0.2) is 15.0 Å². The molecule has 3 aliphatic rings. The van der Waals surface area contributed by atoms with Gasteiger partial charge in [0.15, 0.2) is 0 Å². The minimum absolute atomic E-state index is 0.0999. The molecule has 2 aliphatic carbocycles. The number of alkyl carbamates (subject to hydrolysis) is 1. The predicted molar refractivity (Wildman–Crippen MR) is 230 cm³/mol. The third-order valence-electron chi connectivity index (χ3n) is 12.1. The maximum absolute atomic E-state index is 14.4. The van der Waals surface area contributed by atoms with Crippen LogP contribution in [0.15, 0.2) is 84.0 Å². The Labute approximate surface area is 353 Å². The Balaban J connectivity index is 1.06. The van der Waals surface area contributed by atoms with E-state index in [-0.39, 0.29) is 37.3 Å².